The molecular formula is C22H26N4. The molecule has 26 heavy (non-hydrogen) atoms. The first-order chi connectivity index (χ1) is 12.3. The van der Waals surface area contributed by atoms with Gasteiger partial charge in [0.25, 0.3) is 0 Å². The molecule has 2 heterocycles. The first-order valence-electron chi connectivity index (χ1n) is 9.17. The van der Waals surface area contributed by atoms with E-state index < -0.39 is 0 Å². The van der Waals surface area contributed by atoms with E-state index in [1.54, 1.807) is 0 Å². The van der Waals surface area contributed by atoms with E-state index in [0.29, 0.717) is 0 Å². The molecule has 0 aliphatic heterocycles. The van der Waals surface area contributed by atoms with Gasteiger partial charge in [0.15, 0.2) is 0 Å². The molecule has 2 aromatic carbocycles. The summed E-state index contributed by atoms with van der Waals surface area (Å²) in [7, 11) is 0. The summed E-state index contributed by atoms with van der Waals surface area (Å²) >= 11 is 0. The second-order valence-electron chi connectivity index (χ2n) is 8.14. The van der Waals surface area contributed by atoms with Crippen LogP contribution in [0.4, 0.5) is 0 Å². The lowest BCUT2D eigenvalue weighted by Gasteiger charge is -2.20. The molecule has 0 unspecified atom stereocenters. The average Bonchev–Trinajstić information content (AvgIpc) is 3.19. The fourth-order valence-corrected chi connectivity index (χ4v) is 3.58. The van der Waals surface area contributed by atoms with Crippen LogP contribution in [0.2, 0.25) is 0 Å². The zero-order valence-corrected chi connectivity index (χ0v) is 16.4. The van der Waals surface area contributed by atoms with Crippen molar-refractivity contribution >= 4 is 22.1 Å². The topological polar surface area (TPSA) is 57.4 Å². The van der Waals surface area contributed by atoms with Crippen molar-refractivity contribution in [1.82, 2.24) is 19.9 Å². The van der Waals surface area contributed by atoms with Gasteiger partial charge in [0.05, 0.1) is 22.1 Å². The minimum absolute atomic E-state index is 0.143. The van der Waals surface area contributed by atoms with Gasteiger partial charge in [-0.2, -0.15) is 0 Å². The molecule has 0 fully saturated rings. The van der Waals surface area contributed by atoms with E-state index in [0.717, 1.165) is 40.1 Å². The summed E-state index contributed by atoms with van der Waals surface area (Å²) in [5, 5.41) is 0. The summed E-state index contributed by atoms with van der Waals surface area (Å²) in [6, 6.07) is 8.54. The number of imidazole rings is 2. The molecular weight excluding hydrogens is 320 g/mol. The van der Waals surface area contributed by atoms with Crippen molar-refractivity contribution in [2.45, 2.75) is 53.4 Å². The third-order valence-corrected chi connectivity index (χ3v) is 5.66. The maximum atomic E-state index is 4.93. The van der Waals surface area contributed by atoms with Crippen LogP contribution in [-0.2, 0) is 11.8 Å². The maximum Gasteiger partial charge on any atom is 0.113 e. The fourth-order valence-electron chi connectivity index (χ4n) is 3.58. The molecule has 4 aromatic rings. The zero-order chi connectivity index (χ0) is 18.6. The monoisotopic (exact) mass is 346 g/mol. The van der Waals surface area contributed by atoms with Crippen LogP contribution in [0.1, 0.15) is 47.8 Å². The van der Waals surface area contributed by atoms with E-state index in [2.05, 4.69) is 75.8 Å². The highest BCUT2D eigenvalue weighted by Crippen LogP contribution is 2.29. The molecule has 0 saturated carbocycles. The van der Waals surface area contributed by atoms with Gasteiger partial charge >= 0.3 is 0 Å². The largest absolute Gasteiger partial charge is 0.342 e. The summed E-state index contributed by atoms with van der Waals surface area (Å²) in [5.41, 5.74) is 9.26. The van der Waals surface area contributed by atoms with E-state index in [1.165, 1.54) is 22.3 Å². The Morgan fingerprint density at radius 2 is 1.31 bits per heavy atom. The Hall–Kier alpha value is -2.62. The Morgan fingerprint density at radius 1 is 0.769 bits per heavy atom. The number of nitrogens with zero attached hydrogens (tertiary/aromatic N) is 2. The van der Waals surface area contributed by atoms with Gasteiger partial charge < -0.3 is 9.97 Å². The Bertz CT molecular complexity index is 1130. The Labute approximate surface area is 154 Å². The van der Waals surface area contributed by atoms with Crippen molar-refractivity contribution in [3.05, 3.63) is 58.2 Å². The van der Waals surface area contributed by atoms with E-state index in [-0.39, 0.29) is 5.41 Å². The number of aromatic amines is 2. The average molecular weight is 346 g/mol. The summed E-state index contributed by atoms with van der Waals surface area (Å²) in [6.07, 6.45) is 0.804. The van der Waals surface area contributed by atoms with Crippen molar-refractivity contribution < 1.29 is 0 Å². The lowest BCUT2D eigenvalue weighted by molar-refractivity contribution is 0.483. The Kier molecular flexibility index (Phi) is 3.69. The third-order valence-electron chi connectivity index (χ3n) is 5.66. The van der Waals surface area contributed by atoms with Gasteiger partial charge in [-0.05, 0) is 62.1 Å². The van der Waals surface area contributed by atoms with Gasteiger partial charge in [-0.3, -0.25) is 0 Å². The number of aromatic nitrogens is 4. The van der Waals surface area contributed by atoms with E-state index >= 15 is 0 Å². The van der Waals surface area contributed by atoms with E-state index in [4.69, 9.17) is 9.97 Å². The highest BCUT2D eigenvalue weighted by Gasteiger charge is 2.27. The molecule has 0 radical (unpaired) electrons. The molecule has 0 amide bonds. The van der Waals surface area contributed by atoms with Crippen molar-refractivity contribution in [2.24, 2.45) is 0 Å². The molecule has 2 aromatic heterocycles. The number of aryl methyl sites for hydroxylation is 4. The molecule has 4 nitrogen and oxygen atoms in total. The van der Waals surface area contributed by atoms with E-state index in [1.807, 2.05) is 0 Å². The zero-order valence-electron chi connectivity index (χ0n) is 16.4. The standard InChI is InChI=1S/C22H26N4/c1-12-7-9-16-19(14(12)3)25-18(23-16)11-22(5,6)21-24-17-10-8-13(2)15(4)20(17)26-21/h7-10H,11H2,1-6H3,(H,23,25)(H,24,26). The summed E-state index contributed by atoms with van der Waals surface area (Å²) in [4.78, 5) is 16.8. The number of fused-ring (bicyclic) bond motifs is 2. The highest BCUT2D eigenvalue weighted by molar-refractivity contribution is 5.81. The molecule has 0 aliphatic carbocycles. The first-order valence-corrected chi connectivity index (χ1v) is 9.17. The summed E-state index contributed by atoms with van der Waals surface area (Å²) in [5.74, 6) is 2.02. The molecule has 0 atom stereocenters. The molecule has 134 valence electrons. The van der Waals surface area contributed by atoms with Crippen molar-refractivity contribution in [1.29, 1.82) is 0 Å². The van der Waals surface area contributed by atoms with Crippen molar-refractivity contribution in [2.75, 3.05) is 0 Å². The van der Waals surface area contributed by atoms with Crippen LogP contribution in [0.15, 0.2) is 24.3 Å². The minimum Gasteiger partial charge on any atom is -0.342 e. The SMILES string of the molecule is Cc1ccc2[nH]c(CC(C)(C)c3nc4c(C)c(C)ccc4[nH]3)nc2c1C. The lowest BCUT2D eigenvalue weighted by Crippen LogP contribution is -2.23. The molecule has 0 bridgehead atoms. The van der Waals surface area contributed by atoms with Crippen LogP contribution in [-0.4, -0.2) is 19.9 Å². The number of benzene rings is 2. The molecule has 4 heteroatoms. The van der Waals surface area contributed by atoms with Crippen LogP contribution in [0.5, 0.6) is 0 Å². The summed E-state index contributed by atoms with van der Waals surface area (Å²) < 4.78 is 0. The van der Waals surface area contributed by atoms with Gasteiger partial charge in [0, 0.05) is 11.8 Å². The smallest absolute Gasteiger partial charge is 0.113 e. The van der Waals surface area contributed by atoms with Gasteiger partial charge in [-0.15, -0.1) is 0 Å². The number of H-pyrrole nitrogens is 2. The lowest BCUT2D eigenvalue weighted by atomic mass is 9.88. The first kappa shape index (κ1) is 16.8. The quantitative estimate of drug-likeness (QED) is 0.536. The van der Waals surface area contributed by atoms with Crippen LogP contribution < -0.4 is 0 Å². The van der Waals surface area contributed by atoms with Gasteiger partial charge in [-0.1, -0.05) is 26.0 Å². The third kappa shape index (κ3) is 2.61. The number of hydrogen-bond donors (Lipinski definition) is 2. The van der Waals surface area contributed by atoms with Crippen LogP contribution >= 0.6 is 0 Å². The molecule has 0 spiro atoms. The normalized spacial score (nSPS) is 12.4. The van der Waals surface area contributed by atoms with Crippen molar-refractivity contribution in [3.63, 3.8) is 0 Å². The van der Waals surface area contributed by atoms with Crippen LogP contribution in [0, 0.1) is 27.7 Å². The van der Waals surface area contributed by atoms with E-state index in [9.17, 15) is 0 Å². The summed E-state index contributed by atoms with van der Waals surface area (Å²) in [6.45, 7) is 13.0. The van der Waals surface area contributed by atoms with Crippen LogP contribution in [0.3, 0.4) is 0 Å². The van der Waals surface area contributed by atoms with Gasteiger partial charge in [0.2, 0.25) is 0 Å². The Morgan fingerprint density at radius 3 is 1.92 bits per heavy atom. The minimum atomic E-state index is -0.143. The predicted molar refractivity (Wildman–Crippen MR) is 108 cm³/mol. The van der Waals surface area contributed by atoms with Crippen LogP contribution in [0.25, 0.3) is 22.1 Å². The number of rotatable bonds is 3. The van der Waals surface area contributed by atoms with Gasteiger partial charge in [0.1, 0.15) is 11.6 Å². The highest BCUT2D eigenvalue weighted by atomic mass is 15.0. The van der Waals surface area contributed by atoms with Gasteiger partial charge in [-0.25, -0.2) is 9.97 Å². The molecule has 0 saturated heterocycles. The predicted octanol–water partition coefficient (Wildman–Crippen LogP) is 5.19. The number of nitrogens with one attached hydrogen (secondary N) is 2. The second kappa shape index (κ2) is 5.70. The molecule has 4 rings (SSSR count). The Balaban J connectivity index is 1.73. The fraction of sp³-hybridized carbons (Fsp3) is 0.364. The molecule has 2 N–H and O–H groups in total. The maximum absolute atomic E-state index is 4.93. The van der Waals surface area contributed by atoms with Crippen molar-refractivity contribution in [3.8, 4) is 0 Å². The second-order valence-corrected chi connectivity index (χ2v) is 8.14. The molecule has 0 aliphatic rings. The number of hydrogen-bond acceptors (Lipinski definition) is 2.